The van der Waals surface area contributed by atoms with E-state index in [2.05, 4.69) is 0 Å². The van der Waals surface area contributed by atoms with Crippen molar-refractivity contribution < 1.29 is 69.4 Å². The third-order valence-corrected chi connectivity index (χ3v) is 7.09. The summed E-state index contributed by atoms with van der Waals surface area (Å²) in [6.45, 7) is -1.18. The van der Waals surface area contributed by atoms with Crippen LogP contribution in [0.4, 0.5) is 0 Å². The maximum absolute atomic E-state index is 12.7. The molecule has 4 rings (SSSR count). The van der Waals surface area contributed by atoms with Gasteiger partial charge < -0.3 is 59.8 Å². The fraction of sp³-hybridized carbons (Fsp3) is 0.481. The molecule has 224 valence electrons. The second kappa shape index (κ2) is 12.7. The number of benzene rings is 2. The molecule has 2 fully saturated rings. The molecule has 8 N–H and O–H groups in total. The lowest BCUT2D eigenvalue weighted by molar-refractivity contribution is -0.277. The fourth-order valence-corrected chi connectivity index (χ4v) is 4.60. The van der Waals surface area contributed by atoms with Crippen LogP contribution in [0.3, 0.4) is 0 Å². The highest BCUT2D eigenvalue weighted by Crippen LogP contribution is 2.33. The average Bonchev–Trinajstić information content (AvgIpc) is 2.97. The number of carbonyl (C=O) groups excluding carboxylic acids is 2. The zero-order chi connectivity index (χ0) is 29.9. The number of aliphatic hydroxyl groups excluding tert-OH is 6. The summed E-state index contributed by atoms with van der Waals surface area (Å²) in [5.74, 6) is -2.58. The van der Waals surface area contributed by atoms with E-state index in [9.17, 15) is 50.4 Å². The highest BCUT2D eigenvalue weighted by molar-refractivity contribution is 5.89. The maximum atomic E-state index is 12.7. The topological polar surface area (TPSA) is 233 Å². The van der Waals surface area contributed by atoms with Crippen molar-refractivity contribution in [3.63, 3.8) is 0 Å². The predicted molar refractivity (Wildman–Crippen MR) is 134 cm³/mol. The quantitative estimate of drug-likeness (QED) is 0.159. The van der Waals surface area contributed by atoms with Gasteiger partial charge in [-0.15, -0.1) is 0 Å². The SMILES string of the molecule is O=C(OC[C@@H]1O[C@@H](Oc2ccc(O)cc2COC(=O)[C@]2(O)[C@H](O)CC[C@H](O)[C@@H]2O)[C@@H](O)[C@@H](O)[C@H]1O)c1ccccc1. The molecule has 0 unspecified atom stereocenters. The summed E-state index contributed by atoms with van der Waals surface area (Å²) in [4.78, 5) is 25.0. The summed E-state index contributed by atoms with van der Waals surface area (Å²) in [6.07, 6.45) is -13.6. The Morgan fingerprint density at radius 3 is 2.32 bits per heavy atom. The molecule has 1 saturated heterocycles. The Kier molecular flexibility index (Phi) is 9.46. The average molecular weight is 581 g/mol. The van der Waals surface area contributed by atoms with Gasteiger partial charge in [0, 0.05) is 5.56 Å². The zero-order valence-corrected chi connectivity index (χ0v) is 21.6. The van der Waals surface area contributed by atoms with Crippen molar-refractivity contribution in [1.82, 2.24) is 0 Å². The number of esters is 2. The van der Waals surface area contributed by atoms with Gasteiger partial charge in [-0.3, -0.25) is 0 Å². The summed E-state index contributed by atoms with van der Waals surface area (Å²) >= 11 is 0. The standard InChI is InChI=1S/C27H32O14/c28-15-6-8-17(14(10-15)11-39-26(36)27(37)19(30)9-7-16(29)23(27)34)40-25-22(33)21(32)20(31)18(41-25)12-38-24(35)13-4-2-1-3-5-13/h1-6,8,10,16,18-23,25,28-34,37H,7,9,11-12H2/t16-,18-,19+,20-,21-,22-,23-,25+,27-/m0/s1. The van der Waals surface area contributed by atoms with E-state index in [-0.39, 0.29) is 35.5 Å². The van der Waals surface area contributed by atoms with E-state index >= 15 is 0 Å². The van der Waals surface area contributed by atoms with Crippen LogP contribution in [-0.4, -0.2) is 114 Å². The Hall–Kier alpha value is -3.34. The van der Waals surface area contributed by atoms with Gasteiger partial charge in [0.15, 0.2) is 0 Å². The first-order valence-electron chi connectivity index (χ1n) is 12.8. The van der Waals surface area contributed by atoms with Crippen LogP contribution in [0.5, 0.6) is 11.5 Å². The summed E-state index contributed by atoms with van der Waals surface area (Å²) < 4.78 is 21.5. The van der Waals surface area contributed by atoms with Gasteiger partial charge in [0.1, 0.15) is 55.2 Å². The van der Waals surface area contributed by atoms with Gasteiger partial charge in [0.05, 0.1) is 17.8 Å². The van der Waals surface area contributed by atoms with Crippen molar-refractivity contribution in [1.29, 1.82) is 0 Å². The molecule has 2 aliphatic rings. The molecule has 2 aromatic rings. The minimum absolute atomic E-state index is 0.0224. The van der Waals surface area contributed by atoms with Crippen molar-refractivity contribution >= 4 is 11.9 Å². The molecular weight excluding hydrogens is 548 g/mol. The van der Waals surface area contributed by atoms with Crippen LogP contribution in [0.25, 0.3) is 0 Å². The van der Waals surface area contributed by atoms with Gasteiger partial charge in [-0.1, -0.05) is 18.2 Å². The van der Waals surface area contributed by atoms with Gasteiger partial charge in [0.2, 0.25) is 11.9 Å². The molecule has 2 aromatic carbocycles. The Balaban J connectivity index is 1.45. The number of aliphatic hydroxyl groups is 7. The molecule has 1 aliphatic carbocycles. The van der Waals surface area contributed by atoms with Gasteiger partial charge in [-0.05, 0) is 43.2 Å². The highest BCUT2D eigenvalue weighted by atomic mass is 16.7. The number of aromatic hydroxyl groups is 1. The molecule has 9 atom stereocenters. The van der Waals surface area contributed by atoms with E-state index in [0.717, 1.165) is 6.07 Å². The Labute approximate surface area is 233 Å². The van der Waals surface area contributed by atoms with E-state index < -0.39 is 79.8 Å². The summed E-state index contributed by atoms with van der Waals surface area (Å²) in [5, 5.41) is 81.9. The summed E-state index contributed by atoms with van der Waals surface area (Å²) in [7, 11) is 0. The summed E-state index contributed by atoms with van der Waals surface area (Å²) in [6, 6.07) is 11.5. The van der Waals surface area contributed by atoms with Crippen molar-refractivity contribution in [3.8, 4) is 11.5 Å². The molecule has 14 heteroatoms. The third kappa shape index (κ3) is 6.45. The minimum atomic E-state index is -2.82. The Morgan fingerprint density at radius 1 is 0.902 bits per heavy atom. The molecule has 1 aliphatic heterocycles. The Bertz CT molecular complexity index is 1210. The van der Waals surface area contributed by atoms with Gasteiger partial charge in [0.25, 0.3) is 0 Å². The molecule has 0 radical (unpaired) electrons. The third-order valence-electron chi connectivity index (χ3n) is 7.09. The number of carbonyl (C=O) groups is 2. The first-order chi connectivity index (χ1) is 19.4. The monoisotopic (exact) mass is 580 g/mol. The molecule has 1 saturated carbocycles. The van der Waals surface area contributed by atoms with Crippen LogP contribution in [0.2, 0.25) is 0 Å². The number of phenols is 1. The van der Waals surface area contributed by atoms with Crippen LogP contribution in [0.1, 0.15) is 28.8 Å². The molecule has 41 heavy (non-hydrogen) atoms. The summed E-state index contributed by atoms with van der Waals surface area (Å²) in [5.41, 5.74) is -2.60. The fourth-order valence-electron chi connectivity index (χ4n) is 4.60. The van der Waals surface area contributed by atoms with Gasteiger partial charge in [-0.25, -0.2) is 9.59 Å². The van der Waals surface area contributed by atoms with Crippen molar-refractivity contribution in [2.24, 2.45) is 0 Å². The second-order valence-electron chi connectivity index (χ2n) is 9.90. The lowest BCUT2D eigenvalue weighted by Crippen LogP contribution is -2.65. The smallest absolute Gasteiger partial charge is 0.344 e. The minimum Gasteiger partial charge on any atom is -0.508 e. The van der Waals surface area contributed by atoms with E-state index in [4.69, 9.17) is 18.9 Å². The first-order valence-corrected chi connectivity index (χ1v) is 12.8. The normalized spacial score (nSPS) is 33.5. The number of phenolic OH excluding ortho intramolecular Hbond substituents is 1. The van der Waals surface area contributed by atoms with Crippen molar-refractivity contribution in [2.45, 2.75) is 74.1 Å². The van der Waals surface area contributed by atoms with Crippen LogP contribution in [0.15, 0.2) is 48.5 Å². The maximum Gasteiger partial charge on any atom is 0.344 e. The predicted octanol–water partition coefficient (Wildman–Crippen LogP) is -1.91. The number of hydrogen-bond acceptors (Lipinski definition) is 14. The number of ether oxygens (including phenoxy) is 4. The van der Waals surface area contributed by atoms with Crippen molar-refractivity contribution in [2.75, 3.05) is 6.61 Å². The molecule has 0 aromatic heterocycles. The lowest BCUT2D eigenvalue weighted by Gasteiger charge is -2.41. The van der Waals surface area contributed by atoms with Crippen molar-refractivity contribution in [3.05, 3.63) is 59.7 Å². The molecule has 14 nitrogen and oxygen atoms in total. The van der Waals surface area contributed by atoms with Crippen LogP contribution in [-0.2, 0) is 25.6 Å². The largest absolute Gasteiger partial charge is 0.508 e. The molecule has 0 spiro atoms. The van der Waals surface area contributed by atoms with Gasteiger partial charge >= 0.3 is 11.9 Å². The number of hydrogen-bond donors (Lipinski definition) is 8. The lowest BCUT2D eigenvalue weighted by atomic mass is 9.78. The Morgan fingerprint density at radius 2 is 1.61 bits per heavy atom. The van der Waals surface area contributed by atoms with E-state index in [1.165, 1.54) is 24.3 Å². The molecule has 0 bridgehead atoms. The van der Waals surface area contributed by atoms with E-state index in [1.807, 2.05) is 0 Å². The number of rotatable bonds is 8. The van der Waals surface area contributed by atoms with E-state index in [0.29, 0.717) is 0 Å². The van der Waals surface area contributed by atoms with Gasteiger partial charge in [-0.2, -0.15) is 0 Å². The second-order valence-corrected chi connectivity index (χ2v) is 9.90. The van der Waals surface area contributed by atoms with Crippen LogP contribution in [0, 0.1) is 0 Å². The molecule has 0 amide bonds. The van der Waals surface area contributed by atoms with E-state index in [1.54, 1.807) is 18.2 Å². The van der Waals surface area contributed by atoms with Crippen LogP contribution < -0.4 is 4.74 Å². The zero-order valence-electron chi connectivity index (χ0n) is 21.6. The first kappa shape index (κ1) is 30.6. The van der Waals surface area contributed by atoms with Crippen LogP contribution >= 0.6 is 0 Å². The molecular formula is C27H32O14. The highest BCUT2D eigenvalue weighted by Gasteiger charge is 2.56. The molecule has 1 heterocycles.